The predicted octanol–water partition coefficient (Wildman–Crippen LogP) is 2.17. The average molecular weight is 302 g/mol. The lowest BCUT2D eigenvalue weighted by Gasteiger charge is -2.23. The minimum atomic E-state index is -0.514. The Balaban J connectivity index is 2.08. The van der Waals surface area contributed by atoms with Gasteiger partial charge in [-0.1, -0.05) is 43.0 Å². The molecule has 0 radical (unpaired) electrons. The second-order valence-corrected chi connectivity index (χ2v) is 5.69. The van der Waals surface area contributed by atoms with Crippen molar-refractivity contribution in [2.75, 3.05) is 6.54 Å². The summed E-state index contributed by atoms with van der Waals surface area (Å²) in [6.45, 7) is 5.91. The van der Waals surface area contributed by atoms with Crippen molar-refractivity contribution in [2.45, 2.75) is 18.2 Å². The Morgan fingerprint density at radius 1 is 1.43 bits per heavy atom. The summed E-state index contributed by atoms with van der Waals surface area (Å²) in [5.74, 6) is -0.206. The summed E-state index contributed by atoms with van der Waals surface area (Å²) in [5.41, 5.74) is 3.16. The van der Waals surface area contributed by atoms with Crippen LogP contribution in [0.1, 0.15) is 23.6 Å². The van der Waals surface area contributed by atoms with Crippen molar-refractivity contribution in [1.29, 1.82) is 0 Å². The molecule has 0 saturated carbocycles. The number of amides is 1. The molecule has 1 heterocycles. The van der Waals surface area contributed by atoms with Gasteiger partial charge in [-0.05, 0) is 23.6 Å². The fourth-order valence-corrected chi connectivity index (χ4v) is 3.09. The zero-order valence-corrected chi connectivity index (χ0v) is 12.7. The summed E-state index contributed by atoms with van der Waals surface area (Å²) < 4.78 is 0. The fraction of sp³-hybridized carbons (Fsp3) is 0.250. The maximum atomic E-state index is 11.3. The van der Waals surface area contributed by atoms with Crippen LogP contribution in [-0.4, -0.2) is 23.7 Å². The maximum Gasteiger partial charge on any atom is 0.290 e. The largest absolute Gasteiger partial charge is 0.325 e. The number of nitrogens with one attached hydrogen (secondary N) is 2. The number of ketones is 1. The zero-order valence-electron chi connectivity index (χ0n) is 11.9. The van der Waals surface area contributed by atoms with Crippen LogP contribution >= 0.6 is 11.8 Å². The number of allylic oxidation sites excluding steroid dienone is 1. The minimum absolute atomic E-state index is 0.0952. The molecule has 1 aliphatic heterocycles. The molecule has 4 nitrogen and oxygen atoms in total. The summed E-state index contributed by atoms with van der Waals surface area (Å²) in [4.78, 5) is 22.5. The van der Waals surface area contributed by atoms with Gasteiger partial charge < -0.3 is 5.32 Å². The first-order valence-corrected chi connectivity index (χ1v) is 7.76. The SMILES string of the molecule is C=Cc1cccc(CSC2NCC(=O)C(=O)N2)c1C=CC. The van der Waals surface area contributed by atoms with E-state index in [0.29, 0.717) is 0 Å². The molecule has 0 aromatic heterocycles. The van der Waals surface area contributed by atoms with Crippen LogP contribution in [0.5, 0.6) is 0 Å². The van der Waals surface area contributed by atoms with Crippen LogP contribution in [0.25, 0.3) is 12.2 Å². The number of benzene rings is 1. The molecule has 1 aromatic carbocycles. The third kappa shape index (κ3) is 3.83. The van der Waals surface area contributed by atoms with Gasteiger partial charge in [0.1, 0.15) is 5.50 Å². The Morgan fingerprint density at radius 3 is 2.90 bits per heavy atom. The monoisotopic (exact) mass is 302 g/mol. The van der Waals surface area contributed by atoms with Crippen molar-refractivity contribution < 1.29 is 9.59 Å². The number of carbonyl (C=O) groups excluding carboxylic acids is 2. The predicted molar refractivity (Wildman–Crippen MR) is 87.5 cm³/mol. The summed E-state index contributed by atoms with van der Waals surface area (Å²) >= 11 is 1.55. The van der Waals surface area contributed by atoms with Gasteiger partial charge in [0.25, 0.3) is 5.91 Å². The van der Waals surface area contributed by atoms with E-state index in [4.69, 9.17) is 0 Å². The van der Waals surface area contributed by atoms with Gasteiger partial charge in [0.2, 0.25) is 5.78 Å². The number of thioether (sulfide) groups is 1. The molecular weight excluding hydrogens is 284 g/mol. The van der Waals surface area contributed by atoms with Crippen molar-refractivity contribution in [2.24, 2.45) is 0 Å². The van der Waals surface area contributed by atoms with E-state index >= 15 is 0 Å². The van der Waals surface area contributed by atoms with Crippen molar-refractivity contribution in [3.05, 3.63) is 47.5 Å². The van der Waals surface area contributed by atoms with E-state index in [-0.39, 0.29) is 12.0 Å². The van der Waals surface area contributed by atoms with Gasteiger partial charge in [0, 0.05) is 5.75 Å². The first-order chi connectivity index (χ1) is 10.2. The second kappa shape index (κ2) is 7.24. The molecule has 1 atom stereocenters. The van der Waals surface area contributed by atoms with E-state index < -0.39 is 11.7 Å². The van der Waals surface area contributed by atoms with E-state index in [2.05, 4.69) is 29.4 Å². The second-order valence-electron chi connectivity index (χ2n) is 4.59. The molecule has 5 heteroatoms. The topological polar surface area (TPSA) is 58.2 Å². The van der Waals surface area contributed by atoms with Gasteiger partial charge in [-0.2, -0.15) is 0 Å². The molecule has 1 amide bonds. The Bertz CT molecular complexity index is 596. The van der Waals surface area contributed by atoms with Crippen LogP contribution in [0.2, 0.25) is 0 Å². The summed E-state index contributed by atoms with van der Waals surface area (Å²) in [7, 11) is 0. The molecular formula is C16H18N2O2S. The van der Waals surface area contributed by atoms with Gasteiger partial charge in [-0.15, -0.1) is 11.8 Å². The van der Waals surface area contributed by atoms with E-state index in [1.54, 1.807) is 11.8 Å². The van der Waals surface area contributed by atoms with Crippen molar-refractivity contribution >= 4 is 35.6 Å². The molecule has 1 aliphatic rings. The fourth-order valence-electron chi connectivity index (χ4n) is 2.10. The highest BCUT2D eigenvalue weighted by Crippen LogP contribution is 2.24. The highest BCUT2D eigenvalue weighted by molar-refractivity contribution is 7.99. The van der Waals surface area contributed by atoms with Gasteiger partial charge in [-0.25, -0.2) is 0 Å². The number of hydrogen-bond donors (Lipinski definition) is 2. The highest BCUT2D eigenvalue weighted by atomic mass is 32.2. The third-order valence-electron chi connectivity index (χ3n) is 3.15. The Labute approximate surface area is 128 Å². The molecule has 2 N–H and O–H groups in total. The maximum absolute atomic E-state index is 11.3. The number of rotatable bonds is 5. The molecule has 1 fully saturated rings. The lowest BCUT2D eigenvalue weighted by molar-refractivity contribution is -0.139. The van der Waals surface area contributed by atoms with Crippen molar-refractivity contribution in [1.82, 2.24) is 10.6 Å². The van der Waals surface area contributed by atoms with Crippen LogP contribution < -0.4 is 10.6 Å². The van der Waals surface area contributed by atoms with Crippen LogP contribution in [0.3, 0.4) is 0 Å². The van der Waals surface area contributed by atoms with Gasteiger partial charge in [0.05, 0.1) is 6.54 Å². The smallest absolute Gasteiger partial charge is 0.290 e. The standard InChI is InChI=1S/C16H18N2O2S/c1-3-6-13-11(4-2)7-5-8-12(13)10-21-16-17-9-14(19)15(20)18-16/h3-8,16-17H,2,9-10H2,1H3,(H,18,20). The number of Topliss-reactive ketones (excluding diaryl/α,β-unsaturated/α-hetero) is 1. The highest BCUT2D eigenvalue weighted by Gasteiger charge is 2.24. The Hall–Kier alpha value is -1.85. The van der Waals surface area contributed by atoms with Gasteiger partial charge >= 0.3 is 0 Å². The van der Waals surface area contributed by atoms with Crippen LogP contribution in [0, 0.1) is 0 Å². The minimum Gasteiger partial charge on any atom is -0.325 e. The summed E-state index contributed by atoms with van der Waals surface area (Å²) in [6, 6.07) is 6.08. The summed E-state index contributed by atoms with van der Waals surface area (Å²) in [5, 5.41) is 5.63. The lowest BCUT2D eigenvalue weighted by Crippen LogP contribution is -2.54. The lowest BCUT2D eigenvalue weighted by atomic mass is 10.0. The third-order valence-corrected chi connectivity index (χ3v) is 4.25. The molecule has 1 unspecified atom stereocenters. The van der Waals surface area contributed by atoms with E-state index in [1.807, 2.05) is 31.2 Å². The van der Waals surface area contributed by atoms with E-state index in [1.165, 1.54) is 5.56 Å². The molecule has 1 aromatic rings. The van der Waals surface area contributed by atoms with E-state index in [9.17, 15) is 9.59 Å². The molecule has 21 heavy (non-hydrogen) atoms. The van der Waals surface area contributed by atoms with Crippen LogP contribution in [-0.2, 0) is 15.3 Å². The molecule has 1 saturated heterocycles. The molecule has 0 aliphatic carbocycles. The zero-order chi connectivity index (χ0) is 15.2. The Morgan fingerprint density at radius 2 is 2.24 bits per heavy atom. The van der Waals surface area contributed by atoms with Gasteiger partial charge in [-0.3, -0.25) is 14.9 Å². The number of carbonyl (C=O) groups is 2. The average Bonchev–Trinajstić information content (AvgIpc) is 2.49. The number of hydrogen-bond acceptors (Lipinski definition) is 4. The molecule has 2 rings (SSSR count). The van der Waals surface area contributed by atoms with E-state index in [0.717, 1.165) is 16.9 Å². The first kappa shape index (κ1) is 15.5. The van der Waals surface area contributed by atoms with Crippen LogP contribution in [0.4, 0.5) is 0 Å². The quantitative estimate of drug-likeness (QED) is 0.819. The van der Waals surface area contributed by atoms with Crippen molar-refractivity contribution in [3.8, 4) is 0 Å². The van der Waals surface area contributed by atoms with Gasteiger partial charge in [0.15, 0.2) is 0 Å². The normalized spacial score (nSPS) is 18.8. The van der Waals surface area contributed by atoms with Crippen LogP contribution in [0.15, 0.2) is 30.9 Å². The molecule has 110 valence electrons. The Kier molecular flexibility index (Phi) is 5.36. The first-order valence-electron chi connectivity index (χ1n) is 6.71. The summed E-state index contributed by atoms with van der Waals surface area (Å²) in [6.07, 6.45) is 5.89. The molecule has 0 bridgehead atoms. The molecule has 0 spiro atoms. The van der Waals surface area contributed by atoms with Crippen molar-refractivity contribution in [3.63, 3.8) is 0 Å².